The molecule has 0 aliphatic rings. The molecule has 0 bridgehead atoms. The van der Waals surface area contributed by atoms with Crippen LogP contribution in [0, 0.1) is 18.6 Å². The zero-order chi connectivity index (χ0) is 12.4. The van der Waals surface area contributed by atoms with Crippen molar-refractivity contribution in [2.24, 2.45) is 0 Å². The van der Waals surface area contributed by atoms with Crippen LogP contribution in [-0.2, 0) is 0 Å². The van der Waals surface area contributed by atoms with Crippen LogP contribution in [0.25, 0.3) is 0 Å². The second-order valence-electron chi connectivity index (χ2n) is 3.62. The molecule has 1 heterocycles. The van der Waals surface area contributed by atoms with E-state index in [0.29, 0.717) is 11.3 Å². The highest BCUT2D eigenvalue weighted by Crippen LogP contribution is 2.26. The smallest absolute Gasteiger partial charge is 0.153 e. The number of rotatable bonds is 2. The van der Waals surface area contributed by atoms with Gasteiger partial charge in [0.2, 0.25) is 0 Å². The molecule has 0 atom stereocenters. The van der Waals surface area contributed by atoms with E-state index in [1.54, 1.807) is 19.1 Å². The fourth-order valence-electron chi connectivity index (χ4n) is 1.41. The van der Waals surface area contributed by atoms with E-state index in [1.165, 1.54) is 18.3 Å². The highest BCUT2D eigenvalue weighted by atomic mass is 19.1. The third-order valence-corrected chi connectivity index (χ3v) is 2.37. The average molecular weight is 235 g/mol. The van der Waals surface area contributed by atoms with Crippen LogP contribution in [0.4, 0.5) is 26.0 Å². The van der Waals surface area contributed by atoms with Gasteiger partial charge in [0.15, 0.2) is 11.6 Å². The average Bonchev–Trinajstić information content (AvgIpc) is 2.32. The van der Waals surface area contributed by atoms with Crippen molar-refractivity contribution in [1.82, 2.24) is 4.98 Å². The lowest BCUT2D eigenvalue weighted by atomic mass is 10.2. The van der Waals surface area contributed by atoms with Gasteiger partial charge < -0.3 is 11.1 Å². The number of nitrogen functional groups attached to an aromatic ring is 1. The van der Waals surface area contributed by atoms with Crippen LogP contribution in [0.2, 0.25) is 0 Å². The van der Waals surface area contributed by atoms with Crippen LogP contribution in [0.15, 0.2) is 30.5 Å². The number of hydrogen-bond donors (Lipinski definition) is 2. The van der Waals surface area contributed by atoms with Gasteiger partial charge in [0.05, 0.1) is 5.69 Å². The highest BCUT2D eigenvalue weighted by Gasteiger charge is 2.12. The Bertz CT molecular complexity index is 555. The highest BCUT2D eigenvalue weighted by molar-refractivity contribution is 5.69. The second-order valence-corrected chi connectivity index (χ2v) is 3.62. The molecule has 3 nitrogen and oxygen atoms in total. The van der Waals surface area contributed by atoms with Gasteiger partial charge in [0.25, 0.3) is 0 Å². The number of nitrogens with one attached hydrogen (secondary N) is 1. The molecular weight excluding hydrogens is 224 g/mol. The van der Waals surface area contributed by atoms with Crippen molar-refractivity contribution in [2.45, 2.75) is 6.92 Å². The molecule has 0 unspecified atom stereocenters. The Morgan fingerprint density at radius 1 is 1.24 bits per heavy atom. The van der Waals surface area contributed by atoms with Crippen molar-refractivity contribution in [2.75, 3.05) is 11.1 Å². The first-order valence-electron chi connectivity index (χ1n) is 5.01. The van der Waals surface area contributed by atoms with Crippen molar-refractivity contribution in [3.63, 3.8) is 0 Å². The minimum atomic E-state index is -0.682. The Morgan fingerprint density at radius 3 is 2.71 bits per heavy atom. The molecule has 0 radical (unpaired) electrons. The largest absolute Gasteiger partial charge is 0.396 e. The molecule has 3 N–H and O–H groups in total. The molecule has 2 rings (SSSR count). The summed E-state index contributed by atoms with van der Waals surface area (Å²) in [5, 5.41) is 2.56. The zero-order valence-corrected chi connectivity index (χ0v) is 9.17. The number of aryl methyl sites for hydroxylation is 1. The minimum absolute atomic E-state index is 0.232. The summed E-state index contributed by atoms with van der Waals surface area (Å²) in [4.78, 5) is 3.92. The summed E-state index contributed by atoms with van der Waals surface area (Å²) < 4.78 is 27.2. The molecule has 1 aromatic heterocycles. The molecule has 0 saturated carbocycles. The number of anilines is 3. The topological polar surface area (TPSA) is 50.9 Å². The van der Waals surface area contributed by atoms with Crippen molar-refractivity contribution >= 4 is 17.2 Å². The summed E-state index contributed by atoms with van der Waals surface area (Å²) in [7, 11) is 0. The third kappa shape index (κ3) is 2.18. The monoisotopic (exact) mass is 235 g/mol. The van der Waals surface area contributed by atoms with E-state index >= 15 is 0 Å². The summed E-state index contributed by atoms with van der Waals surface area (Å²) in [6.07, 6.45) is 1.49. The molecule has 0 spiro atoms. The van der Waals surface area contributed by atoms with E-state index in [-0.39, 0.29) is 11.5 Å². The summed E-state index contributed by atoms with van der Waals surface area (Å²) in [5.74, 6) is -1.09. The molecule has 0 saturated heterocycles. The van der Waals surface area contributed by atoms with Crippen LogP contribution >= 0.6 is 0 Å². The van der Waals surface area contributed by atoms with Crippen LogP contribution in [0.5, 0.6) is 0 Å². The van der Waals surface area contributed by atoms with Gasteiger partial charge >= 0.3 is 0 Å². The maximum absolute atomic E-state index is 13.7. The maximum Gasteiger partial charge on any atom is 0.153 e. The second kappa shape index (κ2) is 4.37. The number of halogens is 2. The molecule has 17 heavy (non-hydrogen) atoms. The van der Waals surface area contributed by atoms with Gasteiger partial charge in [0.1, 0.15) is 11.5 Å². The molecule has 0 amide bonds. The predicted octanol–water partition coefficient (Wildman–Crippen LogP) is 2.99. The molecule has 2 aromatic rings. The maximum atomic E-state index is 13.7. The van der Waals surface area contributed by atoms with Crippen LogP contribution in [0.3, 0.4) is 0 Å². The van der Waals surface area contributed by atoms with E-state index in [9.17, 15) is 8.78 Å². The Kier molecular flexibility index (Phi) is 2.91. The molecule has 0 fully saturated rings. The molecule has 88 valence electrons. The van der Waals surface area contributed by atoms with Crippen molar-refractivity contribution < 1.29 is 8.78 Å². The molecular formula is C12H11F2N3. The van der Waals surface area contributed by atoms with Crippen molar-refractivity contribution in [1.29, 1.82) is 0 Å². The van der Waals surface area contributed by atoms with Gasteiger partial charge in [-0.05, 0) is 30.7 Å². The van der Waals surface area contributed by atoms with Gasteiger partial charge in [-0.2, -0.15) is 0 Å². The van der Waals surface area contributed by atoms with Crippen LogP contribution in [0.1, 0.15) is 5.56 Å². The Labute approximate surface area is 97.3 Å². The number of nitrogens with zero attached hydrogens (tertiary/aromatic N) is 1. The van der Waals surface area contributed by atoms with Crippen LogP contribution in [-0.4, -0.2) is 4.98 Å². The van der Waals surface area contributed by atoms with Gasteiger partial charge in [-0.15, -0.1) is 0 Å². The van der Waals surface area contributed by atoms with E-state index in [1.807, 2.05) is 0 Å². The summed E-state index contributed by atoms with van der Waals surface area (Å²) in [5.41, 5.74) is 6.07. The predicted molar refractivity (Wildman–Crippen MR) is 63.0 cm³/mol. The lowest BCUT2D eigenvalue weighted by Gasteiger charge is -2.10. The number of pyridine rings is 1. The number of nitrogens with two attached hydrogens (primary N) is 1. The Balaban J connectivity index is 2.43. The number of benzene rings is 1. The summed E-state index contributed by atoms with van der Waals surface area (Å²) in [6.45, 7) is 1.56. The van der Waals surface area contributed by atoms with E-state index in [2.05, 4.69) is 10.3 Å². The van der Waals surface area contributed by atoms with E-state index < -0.39 is 11.6 Å². The van der Waals surface area contributed by atoms with Gasteiger partial charge in [0, 0.05) is 6.20 Å². The molecule has 0 aliphatic carbocycles. The Morgan fingerprint density at radius 2 is 2.00 bits per heavy atom. The molecule has 5 heteroatoms. The Hall–Kier alpha value is -2.17. The van der Waals surface area contributed by atoms with Gasteiger partial charge in [-0.1, -0.05) is 6.07 Å². The van der Waals surface area contributed by atoms with E-state index in [4.69, 9.17) is 5.73 Å². The molecule has 1 aromatic carbocycles. The number of hydrogen-bond acceptors (Lipinski definition) is 3. The fraction of sp³-hybridized carbons (Fsp3) is 0.0833. The van der Waals surface area contributed by atoms with Crippen molar-refractivity contribution in [3.8, 4) is 0 Å². The summed E-state index contributed by atoms with van der Waals surface area (Å²) >= 11 is 0. The SMILES string of the molecule is Cc1ccc(F)c(Nc2ncccc2N)c1F. The van der Waals surface area contributed by atoms with Crippen molar-refractivity contribution in [3.05, 3.63) is 47.7 Å². The molecule has 0 aliphatic heterocycles. The first kappa shape index (κ1) is 11.3. The standard InChI is InChI=1S/C12H11F2N3/c1-7-4-5-8(13)11(10(7)14)17-12-9(15)3-2-6-16-12/h2-6H,15H2,1H3,(H,16,17). The van der Waals surface area contributed by atoms with E-state index in [0.717, 1.165) is 0 Å². The van der Waals surface area contributed by atoms with Gasteiger partial charge in [-0.25, -0.2) is 13.8 Å². The lowest BCUT2D eigenvalue weighted by Crippen LogP contribution is -2.03. The summed E-state index contributed by atoms with van der Waals surface area (Å²) in [6, 6.07) is 5.81. The van der Waals surface area contributed by atoms with Gasteiger partial charge in [-0.3, -0.25) is 0 Å². The minimum Gasteiger partial charge on any atom is -0.396 e. The van der Waals surface area contributed by atoms with Crippen LogP contribution < -0.4 is 11.1 Å². The third-order valence-electron chi connectivity index (χ3n) is 2.37. The normalized spacial score (nSPS) is 10.3. The number of aromatic nitrogens is 1. The zero-order valence-electron chi connectivity index (χ0n) is 9.17. The lowest BCUT2D eigenvalue weighted by molar-refractivity contribution is 0.585. The first-order valence-corrected chi connectivity index (χ1v) is 5.01. The first-order chi connectivity index (χ1) is 8.09. The fourth-order valence-corrected chi connectivity index (χ4v) is 1.41. The quantitative estimate of drug-likeness (QED) is 0.841.